The maximum absolute atomic E-state index is 3.35. The second kappa shape index (κ2) is 3.13. The fraction of sp³-hybridized carbons (Fsp3) is 1.00. The van der Waals surface area contributed by atoms with E-state index in [1.54, 1.807) is 0 Å². The zero-order valence-corrected chi connectivity index (χ0v) is 5.61. The lowest BCUT2D eigenvalue weighted by atomic mass is 9.85. The van der Waals surface area contributed by atoms with E-state index in [1.807, 2.05) is 0 Å². The van der Waals surface area contributed by atoms with Crippen molar-refractivity contribution >= 4 is 7.85 Å². The molecule has 0 saturated carbocycles. The molecular weight excluding hydrogens is 96.9 g/mol. The average molecular weight is 111 g/mol. The third-order valence-electron chi connectivity index (χ3n) is 2.04. The minimum absolute atomic E-state index is 1.02. The third kappa shape index (κ3) is 1.51. The van der Waals surface area contributed by atoms with Gasteiger partial charge in [-0.25, -0.2) is 0 Å². The molecule has 1 heterocycles. The van der Waals surface area contributed by atoms with E-state index < -0.39 is 0 Å². The van der Waals surface area contributed by atoms with Crippen LogP contribution in [0, 0.1) is 5.92 Å². The molecule has 8 heavy (non-hydrogen) atoms. The number of rotatable bonds is 1. The molecule has 0 aromatic heterocycles. The summed E-state index contributed by atoms with van der Waals surface area (Å²) in [6, 6.07) is 0. The van der Waals surface area contributed by atoms with Crippen LogP contribution in [-0.2, 0) is 0 Å². The van der Waals surface area contributed by atoms with Crippen LogP contribution in [0.4, 0.5) is 0 Å². The van der Waals surface area contributed by atoms with Gasteiger partial charge in [-0.3, -0.25) is 0 Å². The van der Waals surface area contributed by atoms with E-state index >= 15 is 0 Å². The van der Waals surface area contributed by atoms with Crippen LogP contribution in [0.1, 0.15) is 12.8 Å². The van der Waals surface area contributed by atoms with Gasteiger partial charge in [0.2, 0.25) is 0 Å². The van der Waals surface area contributed by atoms with Crippen molar-refractivity contribution < 1.29 is 0 Å². The van der Waals surface area contributed by atoms with E-state index in [2.05, 4.69) is 13.2 Å². The first-order valence-corrected chi connectivity index (χ1v) is 3.64. The van der Waals surface area contributed by atoms with Crippen molar-refractivity contribution in [1.29, 1.82) is 0 Å². The van der Waals surface area contributed by atoms with Crippen molar-refractivity contribution in [2.24, 2.45) is 5.92 Å². The quantitative estimate of drug-likeness (QED) is 0.471. The Bertz CT molecular complexity index is 59.5. The Kier molecular flexibility index (Phi) is 2.41. The normalized spacial score (nSPS) is 23.5. The average Bonchev–Trinajstić information content (AvgIpc) is 1.90. The maximum Gasteiger partial charge on any atom is 0.101 e. The predicted molar refractivity (Wildman–Crippen MR) is 38.9 cm³/mol. The van der Waals surface area contributed by atoms with E-state index in [0.29, 0.717) is 0 Å². The molecule has 1 saturated heterocycles. The lowest BCUT2D eigenvalue weighted by Crippen LogP contribution is -2.27. The van der Waals surface area contributed by atoms with Gasteiger partial charge in [0, 0.05) is 0 Å². The molecule has 0 atom stereocenters. The Balaban J connectivity index is 2.13. The smallest absolute Gasteiger partial charge is 0.101 e. The summed E-state index contributed by atoms with van der Waals surface area (Å²) in [7, 11) is 2.29. The maximum atomic E-state index is 3.35. The lowest BCUT2D eigenvalue weighted by molar-refractivity contribution is 0.402. The van der Waals surface area contributed by atoms with Crippen molar-refractivity contribution in [3.8, 4) is 0 Å². The molecule has 1 aliphatic heterocycles. The van der Waals surface area contributed by atoms with Crippen molar-refractivity contribution in [1.82, 2.24) is 5.32 Å². The second-order valence-corrected chi connectivity index (χ2v) is 2.60. The standard InChI is InChI=1S/C6H14BN/c7-5-6-1-3-8-4-2-6/h6,8H,1-5,7H2. The molecule has 0 unspecified atom stereocenters. The van der Waals surface area contributed by atoms with Crippen molar-refractivity contribution in [3.05, 3.63) is 0 Å². The Labute approximate surface area is 52.3 Å². The van der Waals surface area contributed by atoms with Crippen molar-refractivity contribution in [3.63, 3.8) is 0 Å². The predicted octanol–water partition coefficient (Wildman–Crippen LogP) is 0.0374. The molecular formula is C6H14BN. The molecule has 1 fully saturated rings. The summed E-state index contributed by atoms with van der Waals surface area (Å²) in [6.45, 7) is 2.50. The van der Waals surface area contributed by atoms with Gasteiger partial charge in [-0.15, -0.1) is 0 Å². The van der Waals surface area contributed by atoms with E-state index in [9.17, 15) is 0 Å². The van der Waals surface area contributed by atoms with Crippen LogP contribution in [0.15, 0.2) is 0 Å². The minimum atomic E-state index is 1.02. The molecule has 0 spiro atoms. The zero-order valence-electron chi connectivity index (χ0n) is 5.61. The molecule has 0 aromatic carbocycles. The van der Waals surface area contributed by atoms with Crippen molar-refractivity contribution in [2.45, 2.75) is 19.2 Å². The fourth-order valence-electron chi connectivity index (χ4n) is 1.29. The zero-order chi connectivity index (χ0) is 5.82. The van der Waals surface area contributed by atoms with Gasteiger partial charge in [0.25, 0.3) is 0 Å². The molecule has 1 nitrogen and oxygen atoms in total. The largest absolute Gasteiger partial charge is 0.317 e. The van der Waals surface area contributed by atoms with Gasteiger partial charge in [0.05, 0.1) is 0 Å². The van der Waals surface area contributed by atoms with Crippen LogP contribution in [-0.4, -0.2) is 20.9 Å². The Morgan fingerprint density at radius 2 is 2.00 bits per heavy atom. The molecule has 0 aromatic rings. The van der Waals surface area contributed by atoms with E-state index in [1.165, 1.54) is 32.3 Å². The molecule has 2 heteroatoms. The lowest BCUT2D eigenvalue weighted by Gasteiger charge is -2.20. The van der Waals surface area contributed by atoms with Gasteiger partial charge in [-0.05, 0) is 31.8 Å². The van der Waals surface area contributed by atoms with E-state index in [0.717, 1.165) is 5.92 Å². The van der Waals surface area contributed by atoms with Crippen LogP contribution in [0.25, 0.3) is 0 Å². The van der Waals surface area contributed by atoms with Gasteiger partial charge in [-0.2, -0.15) is 0 Å². The molecule has 1 aliphatic rings. The Hall–Kier alpha value is 0.0249. The summed E-state index contributed by atoms with van der Waals surface area (Å²) in [6.07, 6.45) is 4.18. The first-order valence-electron chi connectivity index (χ1n) is 3.64. The summed E-state index contributed by atoms with van der Waals surface area (Å²) in [5, 5.41) is 3.35. The topological polar surface area (TPSA) is 12.0 Å². The highest BCUT2D eigenvalue weighted by molar-refractivity contribution is 6.08. The van der Waals surface area contributed by atoms with Crippen LogP contribution in [0.2, 0.25) is 6.32 Å². The number of hydrogen-bond donors (Lipinski definition) is 1. The molecule has 0 amide bonds. The summed E-state index contributed by atoms with van der Waals surface area (Å²) < 4.78 is 0. The molecule has 1 rings (SSSR count). The second-order valence-electron chi connectivity index (χ2n) is 2.60. The first-order chi connectivity index (χ1) is 3.93. The SMILES string of the molecule is BCC1CCNCC1. The van der Waals surface area contributed by atoms with Gasteiger partial charge in [0.15, 0.2) is 0 Å². The molecule has 0 aliphatic carbocycles. The van der Waals surface area contributed by atoms with Crippen LogP contribution in [0.3, 0.4) is 0 Å². The molecule has 0 bridgehead atoms. The minimum Gasteiger partial charge on any atom is -0.317 e. The Morgan fingerprint density at radius 1 is 1.38 bits per heavy atom. The summed E-state index contributed by atoms with van der Waals surface area (Å²) in [5.74, 6) is 1.02. The number of piperidine rings is 1. The highest BCUT2D eigenvalue weighted by Gasteiger charge is 2.08. The van der Waals surface area contributed by atoms with Crippen LogP contribution < -0.4 is 5.32 Å². The van der Waals surface area contributed by atoms with Crippen LogP contribution in [0.5, 0.6) is 0 Å². The third-order valence-corrected chi connectivity index (χ3v) is 2.04. The number of nitrogens with one attached hydrogen (secondary N) is 1. The molecule has 46 valence electrons. The highest BCUT2D eigenvalue weighted by Crippen LogP contribution is 2.13. The van der Waals surface area contributed by atoms with Gasteiger partial charge in [-0.1, -0.05) is 6.32 Å². The first kappa shape index (κ1) is 6.15. The number of hydrogen-bond acceptors (Lipinski definition) is 1. The Morgan fingerprint density at radius 3 is 2.38 bits per heavy atom. The molecule has 1 N–H and O–H groups in total. The van der Waals surface area contributed by atoms with Crippen molar-refractivity contribution in [2.75, 3.05) is 13.1 Å². The van der Waals surface area contributed by atoms with Crippen LogP contribution >= 0.6 is 0 Å². The summed E-state index contributed by atoms with van der Waals surface area (Å²) in [4.78, 5) is 0. The van der Waals surface area contributed by atoms with Gasteiger partial charge < -0.3 is 5.32 Å². The molecule has 0 radical (unpaired) electrons. The van der Waals surface area contributed by atoms with Gasteiger partial charge >= 0.3 is 0 Å². The monoisotopic (exact) mass is 111 g/mol. The van der Waals surface area contributed by atoms with E-state index in [4.69, 9.17) is 0 Å². The van der Waals surface area contributed by atoms with E-state index in [-0.39, 0.29) is 0 Å². The van der Waals surface area contributed by atoms with Gasteiger partial charge in [0.1, 0.15) is 7.85 Å². The fourth-order valence-corrected chi connectivity index (χ4v) is 1.29. The highest BCUT2D eigenvalue weighted by atomic mass is 14.9. The summed E-state index contributed by atoms with van der Waals surface area (Å²) in [5.41, 5.74) is 0. The summed E-state index contributed by atoms with van der Waals surface area (Å²) >= 11 is 0.